The highest BCUT2D eigenvalue weighted by Crippen LogP contribution is 2.66. The number of hydrogen-bond acceptors (Lipinski definition) is 4. The number of rotatable bonds is 6. The van der Waals surface area contributed by atoms with Gasteiger partial charge in [-0.2, -0.15) is 26.3 Å². The highest BCUT2D eigenvalue weighted by molar-refractivity contribution is 7.16. The van der Waals surface area contributed by atoms with Crippen molar-refractivity contribution >= 4 is 33.8 Å². The lowest BCUT2D eigenvalue weighted by molar-refractivity contribution is -0.254. The number of halogens is 6. The number of allylic oxidation sites excluding steroid dienone is 2. The molecule has 0 unspecified atom stereocenters. The Labute approximate surface area is 274 Å². The van der Waals surface area contributed by atoms with E-state index < -0.39 is 28.9 Å². The smallest absolute Gasteiger partial charge is 0.265 e. The Balaban J connectivity index is 1.32. The largest absolute Gasteiger partial charge is 0.380 e. The summed E-state index contributed by atoms with van der Waals surface area (Å²) >= 11 is 2.18. The minimum Gasteiger partial charge on any atom is -0.265 e. The Kier molecular flexibility index (Phi) is 7.48. The molecule has 236 valence electrons. The second-order valence-corrected chi connectivity index (χ2v) is 13.8. The summed E-state index contributed by atoms with van der Waals surface area (Å²) in [6, 6.07) is 24.5. The van der Waals surface area contributed by atoms with Crippen LogP contribution >= 0.6 is 22.7 Å². The molecular formula is C37H24F6N2S2. The maximum Gasteiger partial charge on any atom is 0.380 e. The predicted molar refractivity (Wildman–Crippen MR) is 177 cm³/mol. The standard InChI is InChI=1S/C37H24F6N2S2/c1-21-29(19-31(46-21)27-7-3-23(4-8-27)25-11-15-44-16-12-25)33-34(36(40,41)37(42,43)35(33,38)39)30-20-32(47-22(30)2)28-9-5-24(6-10-28)26-13-17-45-18-14-26/h3-20H,1-2H3. The van der Waals surface area contributed by atoms with Crippen LogP contribution in [0.3, 0.4) is 0 Å². The van der Waals surface area contributed by atoms with Crippen molar-refractivity contribution in [2.45, 2.75) is 31.6 Å². The normalized spacial score (nSPS) is 16.5. The molecule has 4 heterocycles. The summed E-state index contributed by atoms with van der Waals surface area (Å²) in [5, 5.41) is 0. The van der Waals surface area contributed by atoms with Crippen molar-refractivity contribution in [3.63, 3.8) is 0 Å². The molecule has 10 heteroatoms. The van der Waals surface area contributed by atoms with E-state index >= 15 is 26.3 Å². The van der Waals surface area contributed by atoms with Crippen molar-refractivity contribution in [2.75, 3.05) is 0 Å². The van der Waals surface area contributed by atoms with Gasteiger partial charge in [-0.05, 0) is 94.8 Å². The molecule has 2 aromatic carbocycles. The number of pyridine rings is 2. The molecule has 47 heavy (non-hydrogen) atoms. The number of thiophene rings is 2. The lowest BCUT2D eigenvalue weighted by Crippen LogP contribution is -2.48. The first-order valence-electron chi connectivity index (χ1n) is 14.5. The first-order chi connectivity index (χ1) is 22.4. The molecule has 0 atom stereocenters. The van der Waals surface area contributed by atoms with Crippen molar-refractivity contribution in [1.82, 2.24) is 9.97 Å². The van der Waals surface area contributed by atoms with Gasteiger partial charge in [0.15, 0.2) is 0 Å². The molecule has 0 fully saturated rings. The summed E-state index contributed by atoms with van der Waals surface area (Å²) in [7, 11) is 0. The SMILES string of the molecule is Cc1sc(-c2ccc(-c3ccncc3)cc2)cc1C1=C(c2cc(-c3ccc(-c4ccncc4)cc3)sc2C)C(F)(F)C(F)(F)C1(F)F. The summed E-state index contributed by atoms with van der Waals surface area (Å²) in [4.78, 5) is 9.48. The molecule has 1 aliphatic carbocycles. The van der Waals surface area contributed by atoms with Crippen LogP contribution in [0, 0.1) is 13.8 Å². The Hall–Kier alpha value is -4.54. The van der Waals surface area contributed by atoms with E-state index in [-0.39, 0.29) is 20.9 Å². The van der Waals surface area contributed by atoms with Gasteiger partial charge in [-0.3, -0.25) is 9.97 Å². The predicted octanol–water partition coefficient (Wildman–Crippen LogP) is 11.7. The van der Waals surface area contributed by atoms with Crippen LogP contribution in [0.4, 0.5) is 26.3 Å². The van der Waals surface area contributed by atoms with Crippen molar-refractivity contribution in [2.24, 2.45) is 0 Å². The number of nitrogens with zero attached hydrogens (tertiary/aromatic N) is 2. The Morgan fingerprint density at radius 3 is 1.09 bits per heavy atom. The molecule has 0 N–H and O–H groups in total. The summed E-state index contributed by atoms with van der Waals surface area (Å²) < 4.78 is 93.2. The highest BCUT2D eigenvalue weighted by Gasteiger charge is 2.80. The molecule has 0 amide bonds. The molecule has 2 nitrogen and oxygen atoms in total. The fourth-order valence-electron chi connectivity index (χ4n) is 5.92. The third-order valence-corrected chi connectivity index (χ3v) is 10.6. The molecule has 4 aromatic heterocycles. The Morgan fingerprint density at radius 1 is 0.447 bits per heavy atom. The lowest BCUT2D eigenvalue weighted by atomic mass is 9.94. The van der Waals surface area contributed by atoms with E-state index in [4.69, 9.17) is 0 Å². The highest BCUT2D eigenvalue weighted by atomic mass is 32.1. The van der Waals surface area contributed by atoms with Crippen LogP contribution in [0.1, 0.15) is 20.9 Å². The number of hydrogen-bond donors (Lipinski definition) is 0. The summed E-state index contributed by atoms with van der Waals surface area (Å²) in [6.45, 7) is 2.97. The van der Waals surface area contributed by atoms with Crippen LogP contribution in [0.15, 0.2) is 110 Å². The van der Waals surface area contributed by atoms with E-state index in [1.54, 1.807) is 49.1 Å². The van der Waals surface area contributed by atoms with Crippen LogP contribution < -0.4 is 0 Å². The van der Waals surface area contributed by atoms with Gasteiger partial charge in [0.1, 0.15) is 0 Å². The van der Waals surface area contributed by atoms with Crippen molar-refractivity contribution in [3.05, 3.63) is 131 Å². The summed E-state index contributed by atoms with van der Waals surface area (Å²) in [5.74, 6) is -15.9. The van der Waals surface area contributed by atoms with Gasteiger partial charge in [-0.15, -0.1) is 22.7 Å². The quantitative estimate of drug-likeness (QED) is 0.164. The van der Waals surface area contributed by atoms with Crippen molar-refractivity contribution < 1.29 is 26.3 Å². The zero-order valence-electron chi connectivity index (χ0n) is 24.9. The van der Waals surface area contributed by atoms with E-state index in [2.05, 4.69) is 9.97 Å². The zero-order chi connectivity index (χ0) is 33.1. The fraction of sp³-hybridized carbons (Fsp3) is 0.135. The minimum atomic E-state index is -5.63. The van der Waals surface area contributed by atoms with Crippen LogP contribution in [-0.2, 0) is 0 Å². The molecule has 7 rings (SSSR count). The van der Waals surface area contributed by atoms with E-state index in [0.29, 0.717) is 20.9 Å². The number of aromatic nitrogens is 2. The molecule has 0 bridgehead atoms. The monoisotopic (exact) mass is 674 g/mol. The van der Waals surface area contributed by atoms with Crippen molar-refractivity contribution in [3.8, 4) is 43.1 Å². The van der Waals surface area contributed by atoms with Gasteiger partial charge in [0.25, 0.3) is 0 Å². The summed E-state index contributed by atoms with van der Waals surface area (Å²) in [5.41, 5.74) is 1.65. The maximum absolute atomic E-state index is 15.7. The van der Waals surface area contributed by atoms with E-state index in [0.717, 1.165) is 44.9 Å². The van der Waals surface area contributed by atoms with E-state index in [9.17, 15) is 0 Å². The van der Waals surface area contributed by atoms with E-state index in [1.165, 1.54) is 26.0 Å². The lowest BCUT2D eigenvalue weighted by Gasteiger charge is -2.25. The van der Waals surface area contributed by atoms with Gasteiger partial charge in [0.05, 0.1) is 0 Å². The average Bonchev–Trinajstić information content (AvgIpc) is 3.68. The second-order valence-electron chi connectivity index (χ2n) is 11.3. The second kappa shape index (κ2) is 11.3. The van der Waals surface area contributed by atoms with Crippen molar-refractivity contribution in [1.29, 1.82) is 0 Å². The average molecular weight is 675 g/mol. The number of alkyl halides is 6. The molecule has 0 radical (unpaired) electrons. The summed E-state index contributed by atoms with van der Waals surface area (Å²) in [6.07, 6.45) is 6.65. The number of benzene rings is 2. The van der Waals surface area contributed by atoms with Gasteiger partial charge < -0.3 is 0 Å². The molecule has 6 aromatic rings. The van der Waals surface area contributed by atoms with Gasteiger partial charge in [-0.1, -0.05) is 48.5 Å². The van der Waals surface area contributed by atoms with Crippen LogP contribution in [0.25, 0.3) is 54.3 Å². The molecule has 0 saturated heterocycles. The van der Waals surface area contributed by atoms with Gasteiger partial charge in [0, 0.05) is 55.4 Å². The Morgan fingerprint density at radius 2 is 0.745 bits per heavy atom. The molecule has 0 saturated carbocycles. The first-order valence-corrected chi connectivity index (χ1v) is 16.2. The third kappa shape index (κ3) is 5.01. The first kappa shape index (κ1) is 31.1. The van der Waals surface area contributed by atoms with E-state index in [1.807, 2.05) is 48.5 Å². The molecular weight excluding hydrogens is 651 g/mol. The Bertz CT molecular complexity index is 1960. The zero-order valence-corrected chi connectivity index (χ0v) is 26.5. The molecule has 0 spiro atoms. The maximum atomic E-state index is 15.7. The van der Waals surface area contributed by atoms with Crippen LogP contribution in [0.5, 0.6) is 0 Å². The topological polar surface area (TPSA) is 25.8 Å². The van der Waals surface area contributed by atoms with Crippen LogP contribution in [0.2, 0.25) is 0 Å². The van der Waals surface area contributed by atoms with Gasteiger partial charge >= 0.3 is 17.8 Å². The third-order valence-electron chi connectivity index (χ3n) is 8.41. The molecule has 0 aliphatic heterocycles. The fourth-order valence-corrected chi connectivity index (χ4v) is 7.98. The number of aryl methyl sites for hydroxylation is 2. The molecule has 1 aliphatic rings. The minimum absolute atomic E-state index is 0.235. The van der Waals surface area contributed by atoms with Crippen LogP contribution in [-0.4, -0.2) is 27.7 Å². The van der Waals surface area contributed by atoms with Gasteiger partial charge in [-0.25, -0.2) is 0 Å². The van der Waals surface area contributed by atoms with Gasteiger partial charge in [0.2, 0.25) is 0 Å².